The maximum absolute atomic E-state index is 11.7. The van der Waals surface area contributed by atoms with E-state index in [2.05, 4.69) is 28.0 Å². The first-order chi connectivity index (χ1) is 10.6. The van der Waals surface area contributed by atoms with Crippen LogP contribution in [0.15, 0.2) is 45.4 Å². The second-order valence-electron chi connectivity index (χ2n) is 5.17. The maximum atomic E-state index is 11.7. The maximum Gasteiger partial charge on any atom is 0.249 e. The van der Waals surface area contributed by atoms with E-state index in [4.69, 9.17) is 10.3 Å². The summed E-state index contributed by atoms with van der Waals surface area (Å²) in [6.45, 7) is 2.12. The van der Waals surface area contributed by atoms with Crippen LogP contribution in [-0.2, 0) is 6.42 Å². The molecule has 0 atom stereocenters. The van der Waals surface area contributed by atoms with Gasteiger partial charge in [-0.05, 0) is 42.3 Å². The molecule has 3 aromatic rings. The van der Waals surface area contributed by atoms with E-state index in [-0.39, 0.29) is 0 Å². The van der Waals surface area contributed by atoms with Gasteiger partial charge in [0.25, 0.3) is 0 Å². The molecule has 1 amide bonds. The molecule has 0 unspecified atom stereocenters. The SMILES string of the molecule is CCCc1ccc(C(N)=O)c(-c2noc3cc(Br)ccc23)c1. The van der Waals surface area contributed by atoms with E-state index < -0.39 is 5.91 Å². The van der Waals surface area contributed by atoms with Gasteiger partial charge in [-0.3, -0.25) is 4.79 Å². The van der Waals surface area contributed by atoms with Crippen LogP contribution >= 0.6 is 15.9 Å². The summed E-state index contributed by atoms with van der Waals surface area (Å²) in [5.74, 6) is -0.466. The van der Waals surface area contributed by atoms with Crippen molar-refractivity contribution in [1.82, 2.24) is 5.16 Å². The van der Waals surface area contributed by atoms with Crippen LogP contribution in [0.4, 0.5) is 0 Å². The number of hydrogen-bond acceptors (Lipinski definition) is 3. The zero-order chi connectivity index (χ0) is 15.7. The topological polar surface area (TPSA) is 69.1 Å². The van der Waals surface area contributed by atoms with Crippen LogP contribution in [0, 0.1) is 0 Å². The van der Waals surface area contributed by atoms with Crippen LogP contribution in [0.25, 0.3) is 22.2 Å². The summed E-state index contributed by atoms with van der Waals surface area (Å²) in [6.07, 6.45) is 1.97. The van der Waals surface area contributed by atoms with E-state index in [0.717, 1.165) is 33.8 Å². The molecule has 0 spiro atoms. The van der Waals surface area contributed by atoms with Crippen LogP contribution in [0.1, 0.15) is 29.3 Å². The number of carbonyl (C=O) groups excluding carboxylic acids is 1. The summed E-state index contributed by atoms with van der Waals surface area (Å²) in [6, 6.07) is 11.4. The van der Waals surface area contributed by atoms with Crippen molar-refractivity contribution in [2.45, 2.75) is 19.8 Å². The van der Waals surface area contributed by atoms with Gasteiger partial charge >= 0.3 is 0 Å². The number of aromatic nitrogens is 1. The molecular formula is C17H15BrN2O2. The summed E-state index contributed by atoms with van der Waals surface area (Å²) < 4.78 is 6.30. The number of fused-ring (bicyclic) bond motifs is 1. The summed E-state index contributed by atoms with van der Waals surface area (Å²) in [5.41, 5.74) is 9.15. The first-order valence-electron chi connectivity index (χ1n) is 7.08. The molecule has 0 bridgehead atoms. The molecule has 0 aliphatic rings. The third kappa shape index (κ3) is 2.64. The number of amides is 1. The minimum absolute atomic E-state index is 0.456. The number of primary amides is 1. The minimum Gasteiger partial charge on any atom is -0.366 e. The summed E-state index contributed by atoms with van der Waals surface area (Å²) in [4.78, 5) is 11.7. The van der Waals surface area contributed by atoms with Gasteiger partial charge in [-0.15, -0.1) is 0 Å². The molecule has 22 heavy (non-hydrogen) atoms. The highest BCUT2D eigenvalue weighted by Crippen LogP contribution is 2.32. The van der Waals surface area contributed by atoms with Gasteiger partial charge in [-0.2, -0.15) is 0 Å². The lowest BCUT2D eigenvalue weighted by Crippen LogP contribution is -2.12. The van der Waals surface area contributed by atoms with Crippen molar-refractivity contribution >= 4 is 32.8 Å². The second-order valence-corrected chi connectivity index (χ2v) is 6.08. The van der Waals surface area contributed by atoms with E-state index >= 15 is 0 Å². The molecule has 5 heteroatoms. The average molecular weight is 359 g/mol. The Morgan fingerprint density at radius 1 is 1.27 bits per heavy atom. The van der Waals surface area contributed by atoms with Crippen molar-refractivity contribution in [2.75, 3.05) is 0 Å². The van der Waals surface area contributed by atoms with Gasteiger partial charge in [0.05, 0.1) is 0 Å². The number of nitrogens with two attached hydrogens (primary N) is 1. The summed E-state index contributed by atoms with van der Waals surface area (Å²) in [5, 5.41) is 5.01. The molecule has 1 heterocycles. The number of halogens is 1. The zero-order valence-electron chi connectivity index (χ0n) is 12.1. The molecule has 2 N–H and O–H groups in total. The Labute approximate surface area is 136 Å². The van der Waals surface area contributed by atoms with Crippen molar-refractivity contribution in [3.05, 3.63) is 52.0 Å². The Bertz CT molecular complexity index is 855. The van der Waals surface area contributed by atoms with Gasteiger partial charge < -0.3 is 10.3 Å². The van der Waals surface area contributed by atoms with Crippen molar-refractivity contribution in [1.29, 1.82) is 0 Å². The molecule has 0 aliphatic carbocycles. The van der Waals surface area contributed by atoms with Gasteiger partial charge in [0.15, 0.2) is 5.58 Å². The van der Waals surface area contributed by atoms with Gasteiger partial charge in [0.1, 0.15) is 5.69 Å². The van der Waals surface area contributed by atoms with Gasteiger partial charge in [0.2, 0.25) is 5.91 Å². The standard InChI is InChI=1S/C17H15BrN2O2/c1-2-3-10-4-6-12(17(19)21)14(8-10)16-13-7-5-11(18)9-15(13)22-20-16/h4-9H,2-3H2,1H3,(H2,19,21). The molecule has 2 aromatic carbocycles. The van der Waals surface area contributed by atoms with Crippen LogP contribution in [-0.4, -0.2) is 11.1 Å². The quantitative estimate of drug-likeness (QED) is 0.755. The highest BCUT2D eigenvalue weighted by molar-refractivity contribution is 9.10. The Kier molecular flexibility index (Phi) is 3.98. The molecular weight excluding hydrogens is 344 g/mol. The van der Waals surface area contributed by atoms with Crippen molar-refractivity contribution in [3.63, 3.8) is 0 Å². The molecule has 0 saturated heterocycles. The molecule has 4 nitrogen and oxygen atoms in total. The van der Waals surface area contributed by atoms with E-state index in [1.165, 1.54) is 0 Å². The Hall–Kier alpha value is -2.14. The second kappa shape index (κ2) is 5.93. The van der Waals surface area contributed by atoms with Crippen molar-refractivity contribution in [3.8, 4) is 11.3 Å². The minimum atomic E-state index is -0.466. The average Bonchev–Trinajstić information content (AvgIpc) is 2.90. The highest BCUT2D eigenvalue weighted by atomic mass is 79.9. The molecule has 0 radical (unpaired) electrons. The highest BCUT2D eigenvalue weighted by Gasteiger charge is 2.17. The van der Waals surface area contributed by atoms with E-state index in [1.807, 2.05) is 30.3 Å². The lowest BCUT2D eigenvalue weighted by Gasteiger charge is -2.07. The van der Waals surface area contributed by atoms with Gasteiger partial charge in [0, 0.05) is 21.0 Å². The van der Waals surface area contributed by atoms with E-state index in [1.54, 1.807) is 6.07 Å². The fourth-order valence-corrected chi connectivity index (χ4v) is 2.89. The van der Waals surface area contributed by atoms with E-state index in [0.29, 0.717) is 16.8 Å². The van der Waals surface area contributed by atoms with Crippen LogP contribution in [0.5, 0.6) is 0 Å². The monoisotopic (exact) mass is 358 g/mol. The Morgan fingerprint density at radius 2 is 2.09 bits per heavy atom. The van der Waals surface area contributed by atoms with Crippen LogP contribution < -0.4 is 5.73 Å². The summed E-state index contributed by atoms with van der Waals surface area (Å²) in [7, 11) is 0. The fourth-order valence-electron chi connectivity index (χ4n) is 2.55. The Morgan fingerprint density at radius 3 is 2.82 bits per heavy atom. The predicted octanol–water partition coefficient (Wildman–Crippen LogP) is 4.31. The number of aryl methyl sites for hydroxylation is 1. The number of nitrogens with zero attached hydrogens (tertiary/aromatic N) is 1. The summed E-state index contributed by atoms with van der Waals surface area (Å²) >= 11 is 3.41. The number of benzene rings is 2. The van der Waals surface area contributed by atoms with Gasteiger partial charge in [-0.1, -0.05) is 40.5 Å². The third-order valence-corrected chi connectivity index (χ3v) is 4.07. The van der Waals surface area contributed by atoms with Crippen molar-refractivity contribution in [2.24, 2.45) is 5.73 Å². The predicted molar refractivity (Wildman–Crippen MR) is 89.7 cm³/mol. The molecule has 0 saturated carbocycles. The number of rotatable bonds is 4. The van der Waals surface area contributed by atoms with Crippen molar-refractivity contribution < 1.29 is 9.32 Å². The first kappa shape index (κ1) is 14.8. The van der Waals surface area contributed by atoms with E-state index in [9.17, 15) is 4.79 Å². The van der Waals surface area contributed by atoms with Crippen LogP contribution in [0.2, 0.25) is 0 Å². The fraction of sp³-hybridized carbons (Fsp3) is 0.176. The molecule has 0 aliphatic heterocycles. The smallest absolute Gasteiger partial charge is 0.249 e. The zero-order valence-corrected chi connectivity index (χ0v) is 13.7. The van der Waals surface area contributed by atoms with Crippen LogP contribution in [0.3, 0.4) is 0 Å². The van der Waals surface area contributed by atoms with Gasteiger partial charge in [-0.25, -0.2) is 0 Å². The number of carbonyl (C=O) groups is 1. The third-order valence-electron chi connectivity index (χ3n) is 3.58. The lowest BCUT2D eigenvalue weighted by molar-refractivity contribution is 0.100. The molecule has 3 rings (SSSR count). The molecule has 1 aromatic heterocycles. The first-order valence-corrected chi connectivity index (χ1v) is 7.87. The Balaban J connectivity index is 2.23. The number of hydrogen-bond donors (Lipinski definition) is 1. The normalized spacial score (nSPS) is 11.0. The lowest BCUT2D eigenvalue weighted by atomic mass is 9.97. The molecule has 0 fully saturated rings. The largest absolute Gasteiger partial charge is 0.366 e. The molecule has 112 valence electrons.